The number of furan rings is 1. The fourth-order valence-corrected chi connectivity index (χ4v) is 1.99. The number of nitrogens with one attached hydrogen (secondary N) is 1. The quantitative estimate of drug-likeness (QED) is 0.732. The van der Waals surface area contributed by atoms with E-state index in [1.807, 2.05) is 24.3 Å². The summed E-state index contributed by atoms with van der Waals surface area (Å²) in [5, 5.41) is 12.5. The second kappa shape index (κ2) is 5.41. The second-order valence-corrected chi connectivity index (χ2v) is 4.28. The molecule has 1 aromatic carbocycles. The summed E-state index contributed by atoms with van der Waals surface area (Å²) >= 11 is 0. The van der Waals surface area contributed by atoms with Crippen molar-refractivity contribution in [2.24, 2.45) is 0 Å². The van der Waals surface area contributed by atoms with Crippen LogP contribution >= 0.6 is 0 Å². The number of hydrogen-bond donors (Lipinski definition) is 1. The highest BCUT2D eigenvalue weighted by Gasteiger charge is 2.08. The third kappa shape index (κ3) is 2.31. The Labute approximate surface area is 115 Å². The predicted octanol–water partition coefficient (Wildman–Crippen LogP) is 3.22. The van der Waals surface area contributed by atoms with E-state index in [4.69, 9.17) is 9.68 Å². The Morgan fingerprint density at radius 1 is 1.20 bits per heavy atom. The number of nitriles is 1. The monoisotopic (exact) mass is 264 g/mol. The molecule has 0 atom stereocenters. The molecule has 5 heteroatoms. The van der Waals surface area contributed by atoms with E-state index >= 15 is 0 Å². The maximum absolute atomic E-state index is 8.47. The largest absolute Gasteiger partial charge is 0.464 e. The molecule has 0 bridgehead atoms. The van der Waals surface area contributed by atoms with Gasteiger partial charge in [0.25, 0.3) is 0 Å². The van der Waals surface area contributed by atoms with Gasteiger partial charge in [0, 0.05) is 35.5 Å². The van der Waals surface area contributed by atoms with E-state index in [1.54, 1.807) is 18.7 Å². The summed E-state index contributed by atoms with van der Waals surface area (Å²) in [7, 11) is 0. The molecule has 2 aromatic heterocycles. The summed E-state index contributed by atoms with van der Waals surface area (Å²) in [6, 6.07) is 9.91. The molecule has 0 fully saturated rings. The Morgan fingerprint density at radius 2 is 2.00 bits per heavy atom. The average molecular weight is 264 g/mol. The highest BCUT2D eigenvalue weighted by atomic mass is 16.3. The molecule has 0 amide bonds. The third-order valence-electron chi connectivity index (χ3n) is 2.96. The molecular formula is C15H12N4O. The summed E-state index contributed by atoms with van der Waals surface area (Å²) < 4.78 is 5.51. The molecule has 0 spiro atoms. The maximum Gasteiger partial charge on any atom is 0.222 e. The fourth-order valence-electron chi connectivity index (χ4n) is 1.99. The van der Waals surface area contributed by atoms with Crippen molar-refractivity contribution in [2.75, 3.05) is 11.9 Å². The highest BCUT2D eigenvalue weighted by Crippen LogP contribution is 2.29. The molecule has 1 N–H and O–H groups in total. The van der Waals surface area contributed by atoms with Gasteiger partial charge in [-0.25, -0.2) is 9.97 Å². The van der Waals surface area contributed by atoms with E-state index in [1.165, 1.54) is 0 Å². The van der Waals surface area contributed by atoms with Crippen LogP contribution in [0.5, 0.6) is 0 Å². The molecule has 0 unspecified atom stereocenters. The van der Waals surface area contributed by atoms with Crippen LogP contribution in [0.4, 0.5) is 5.95 Å². The number of benzene rings is 1. The van der Waals surface area contributed by atoms with Gasteiger partial charge in [-0.2, -0.15) is 5.26 Å². The van der Waals surface area contributed by atoms with Crippen molar-refractivity contribution in [3.63, 3.8) is 0 Å². The van der Waals surface area contributed by atoms with Crippen LogP contribution in [-0.2, 0) is 0 Å². The molecule has 0 aliphatic rings. The lowest BCUT2D eigenvalue weighted by molar-refractivity contribution is 0.617. The summed E-state index contributed by atoms with van der Waals surface area (Å²) in [6.45, 7) is 0.546. The Bertz CT molecular complexity index is 755. The van der Waals surface area contributed by atoms with E-state index in [2.05, 4.69) is 21.4 Å². The zero-order valence-corrected chi connectivity index (χ0v) is 10.7. The van der Waals surface area contributed by atoms with Gasteiger partial charge in [0.2, 0.25) is 5.95 Å². The molecule has 5 nitrogen and oxygen atoms in total. The molecule has 3 aromatic rings. The van der Waals surface area contributed by atoms with Crippen LogP contribution < -0.4 is 5.32 Å². The number of fused-ring (bicyclic) bond motifs is 1. The molecule has 98 valence electrons. The van der Waals surface area contributed by atoms with Crippen molar-refractivity contribution in [1.29, 1.82) is 5.26 Å². The minimum Gasteiger partial charge on any atom is -0.464 e. The predicted molar refractivity (Wildman–Crippen MR) is 76.0 cm³/mol. The van der Waals surface area contributed by atoms with Gasteiger partial charge < -0.3 is 9.73 Å². The van der Waals surface area contributed by atoms with E-state index < -0.39 is 0 Å². The van der Waals surface area contributed by atoms with Gasteiger partial charge in [-0.05, 0) is 6.07 Å². The Balaban J connectivity index is 1.86. The van der Waals surface area contributed by atoms with Crippen LogP contribution in [0, 0.1) is 11.3 Å². The van der Waals surface area contributed by atoms with Crippen molar-refractivity contribution in [1.82, 2.24) is 9.97 Å². The first kappa shape index (κ1) is 12.2. The number of anilines is 1. The summed E-state index contributed by atoms with van der Waals surface area (Å²) in [4.78, 5) is 8.48. The van der Waals surface area contributed by atoms with Crippen molar-refractivity contribution in [3.8, 4) is 17.2 Å². The molecule has 0 aliphatic carbocycles. The van der Waals surface area contributed by atoms with Crippen molar-refractivity contribution >= 4 is 16.9 Å². The SMILES string of the molecule is N#CCCNc1ncc(-c2coc3ccccc23)cn1. The van der Waals surface area contributed by atoms with Crippen LogP contribution in [0.1, 0.15) is 6.42 Å². The van der Waals surface area contributed by atoms with E-state index in [-0.39, 0.29) is 0 Å². The van der Waals surface area contributed by atoms with Gasteiger partial charge in [0.05, 0.1) is 18.8 Å². The zero-order chi connectivity index (χ0) is 13.8. The smallest absolute Gasteiger partial charge is 0.222 e. The van der Waals surface area contributed by atoms with Gasteiger partial charge in [0.1, 0.15) is 5.58 Å². The van der Waals surface area contributed by atoms with Crippen molar-refractivity contribution in [3.05, 3.63) is 42.9 Å². The summed E-state index contributed by atoms with van der Waals surface area (Å²) in [6.07, 6.45) is 5.64. The van der Waals surface area contributed by atoms with Crippen molar-refractivity contribution < 1.29 is 4.42 Å². The van der Waals surface area contributed by atoms with Crippen molar-refractivity contribution in [2.45, 2.75) is 6.42 Å². The molecule has 2 heterocycles. The van der Waals surface area contributed by atoms with Gasteiger partial charge >= 0.3 is 0 Å². The van der Waals surface area contributed by atoms with Crippen LogP contribution in [0.3, 0.4) is 0 Å². The van der Waals surface area contributed by atoms with Crippen LogP contribution in [-0.4, -0.2) is 16.5 Å². The van der Waals surface area contributed by atoms with Crippen LogP contribution in [0.2, 0.25) is 0 Å². The van der Waals surface area contributed by atoms with Gasteiger partial charge in [-0.3, -0.25) is 0 Å². The summed E-state index contributed by atoms with van der Waals surface area (Å²) in [5.41, 5.74) is 2.73. The standard InChI is InChI=1S/C15H12N4O/c16-6-3-7-17-15-18-8-11(9-19-15)13-10-20-14-5-2-1-4-12(13)14/h1-2,4-5,8-10H,3,7H2,(H,17,18,19). The van der Waals surface area contributed by atoms with Gasteiger partial charge in [-0.15, -0.1) is 0 Å². The number of para-hydroxylation sites is 1. The first-order chi connectivity index (χ1) is 9.88. The lowest BCUT2D eigenvalue weighted by Crippen LogP contribution is -2.04. The maximum atomic E-state index is 8.47. The lowest BCUT2D eigenvalue weighted by atomic mass is 10.1. The fraction of sp³-hybridized carbons (Fsp3) is 0.133. The molecule has 0 saturated carbocycles. The van der Waals surface area contributed by atoms with E-state index in [0.29, 0.717) is 18.9 Å². The van der Waals surface area contributed by atoms with E-state index in [9.17, 15) is 0 Å². The Morgan fingerprint density at radius 3 is 2.80 bits per heavy atom. The minimum absolute atomic E-state index is 0.428. The number of aromatic nitrogens is 2. The third-order valence-corrected chi connectivity index (χ3v) is 2.96. The molecular weight excluding hydrogens is 252 g/mol. The van der Waals surface area contributed by atoms with Gasteiger partial charge in [-0.1, -0.05) is 18.2 Å². The lowest BCUT2D eigenvalue weighted by Gasteiger charge is -2.02. The molecule has 0 aliphatic heterocycles. The first-order valence-corrected chi connectivity index (χ1v) is 6.28. The number of rotatable bonds is 4. The first-order valence-electron chi connectivity index (χ1n) is 6.28. The normalized spacial score (nSPS) is 10.3. The minimum atomic E-state index is 0.428. The highest BCUT2D eigenvalue weighted by molar-refractivity contribution is 5.93. The topological polar surface area (TPSA) is 74.7 Å². The Hall–Kier alpha value is -2.87. The summed E-state index contributed by atoms with van der Waals surface area (Å²) in [5.74, 6) is 0.525. The molecule has 0 saturated heterocycles. The number of nitrogens with zero attached hydrogens (tertiary/aromatic N) is 3. The zero-order valence-electron chi connectivity index (χ0n) is 10.7. The van der Waals surface area contributed by atoms with Gasteiger partial charge in [0.15, 0.2) is 0 Å². The average Bonchev–Trinajstić information content (AvgIpc) is 2.92. The van der Waals surface area contributed by atoms with E-state index in [0.717, 1.165) is 22.1 Å². The molecule has 3 rings (SSSR count). The van der Waals surface area contributed by atoms with Crippen LogP contribution in [0.25, 0.3) is 22.1 Å². The Kier molecular flexibility index (Phi) is 3.29. The molecule has 20 heavy (non-hydrogen) atoms. The molecule has 0 radical (unpaired) electrons. The number of hydrogen-bond acceptors (Lipinski definition) is 5. The van der Waals surface area contributed by atoms with Crippen LogP contribution in [0.15, 0.2) is 47.3 Å². The second-order valence-electron chi connectivity index (χ2n) is 4.28.